The molecular weight excluding hydrogens is 597 g/mol. The monoisotopic (exact) mass is 624 g/mol. The normalized spacial score (nSPS) is 11.7. The number of para-hydroxylation sites is 1. The summed E-state index contributed by atoms with van der Waals surface area (Å²) < 4.78 is 6.77. The van der Waals surface area contributed by atoms with Crippen LogP contribution in [0.1, 0.15) is 0 Å². The van der Waals surface area contributed by atoms with Gasteiger partial charge in [-0.2, -0.15) is 0 Å². The Morgan fingerprint density at radius 2 is 1.06 bits per heavy atom. The first-order valence-electron chi connectivity index (χ1n) is 16.6. The first kappa shape index (κ1) is 27.5. The maximum atomic E-state index is 6.77. The minimum atomic E-state index is 0.675. The zero-order valence-electron chi connectivity index (χ0n) is 26.5. The highest BCUT2D eigenvalue weighted by Crippen LogP contribution is 2.42. The first-order chi connectivity index (χ1) is 24.3. The minimum absolute atomic E-state index is 0.675. The summed E-state index contributed by atoms with van der Waals surface area (Å²) in [6, 6.07) is 59.7. The summed E-state index contributed by atoms with van der Waals surface area (Å²) in [5, 5.41) is 7.96. The molecule has 0 atom stereocenters. The van der Waals surface area contributed by atoms with Gasteiger partial charge in [0.1, 0.15) is 11.2 Å². The van der Waals surface area contributed by atoms with Crippen LogP contribution in [0, 0.1) is 0 Å². The summed E-state index contributed by atoms with van der Waals surface area (Å²) in [6.07, 6.45) is 0. The number of hydrogen-bond donors (Lipinski definition) is 0. The van der Waals surface area contributed by atoms with Crippen LogP contribution in [0.25, 0.3) is 99.3 Å². The molecule has 0 saturated carbocycles. The summed E-state index contributed by atoms with van der Waals surface area (Å²) >= 11 is 0. The fourth-order valence-electron chi connectivity index (χ4n) is 7.21. The predicted molar refractivity (Wildman–Crippen MR) is 204 cm³/mol. The van der Waals surface area contributed by atoms with Crippen molar-refractivity contribution in [2.24, 2.45) is 0 Å². The third kappa shape index (κ3) is 4.59. The number of aromatic nitrogens is 2. The summed E-state index contributed by atoms with van der Waals surface area (Å²) in [5.41, 5.74) is 10.2. The molecule has 0 fully saturated rings. The van der Waals surface area contributed by atoms with E-state index in [1.54, 1.807) is 0 Å². The van der Waals surface area contributed by atoms with E-state index in [4.69, 9.17) is 14.4 Å². The second-order valence-corrected chi connectivity index (χ2v) is 12.6. The Morgan fingerprint density at radius 1 is 0.388 bits per heavy atom. The van der Waals surface area contributed by atoms with E-state index in [1.165, 1.54) is 21.9 Å². The minimum Gasteiger partial charge on any atom is -0.455 e. The topological polar surface area (TPSA) is 38.9 Å². The van der Waals surface area contributed by atoms with Crippen molar-refractivity contribution >= 4 is 54.4 Å². The molecular formula is C46H28N2O. The number of hydrogen-bond acceptors (Lipinski definition) is 3. The molecule has 10 rings (SSSR count). The molecule has 0 aliphatic heterocycles. The molecule has 0 aliphatic rings. The summed E-state index contributed by atoms with van der Waals surface area (Å²) in [4.78, 5) is 10.1. The molecule has 0 saturated heterocycles. The number of fused-ring (bicyclic) bond motifs is 7. The number of furan rings is 1. The fraction of sp³-hybridized carbons (Fsp3) is 0. The second-order valence-electron chi connectivity index (χ2n) is 12.6. The highest BCUT2D eigenvalue weighted by molar-refractivity contribution is 6.21. The lowest BCUT2D eigenvalue weighted by molar-refractivity contribution is 0.673. The van der Waals surface area contributed by atoms with Crippen LogP contribution in [0.2, 0.25) is 0 Å². The average molecular weight is 625 g/mol. The Labute approximate surface area is 282 Å². The van der Waals surface area contributed by atoms with Gasteiger partial charge in [-0.3, -0.25) is 0 Å². The Balaban J connectivity index is 1.13. The highest BCUT2D eigenvalue weighted by Gasteiger charge is 2.18. The van der Waals surface area contributed by atoms with Gasteiger partial charge in [0, 0.05) is 32.7 Å². The van der Waals surface area contributed by atoms with Gasteiger partial charge in [0.05, 0.1) is 11.2 Å². The van der Waals surface area contributed by atoms with Crippen LogP contribution in [-0.2, 0) is 0 Å². The third-order valence-electron chi connectivity index (χ3n) is 9.65. The van der Waals surface area contributed by atoms with Crippen LogP contribution in [-0.4, -0.2) is 9.97 Å². The van der Waals surface area contributed by atoms with E-state index >= 15 is 0 Å². The quantitative estimate of drug-likeness (QED) is 0.196. The van der Waals surface area contributed by atoms with E-state index in [1.807, 2.05) is 30.3 Å². The van der Waals surface area contributed by atoms with E-state index in [2.05, 4.69) is 140 Å². The van der Waals surface area contributed by atoms with Crippen LogP contribution in [0.4, 0.5) is 0 Å². The molecule has 3 heteroatoms. The van der Waals surface area contributed by atoms with Gasteiger partial charge in [0.15, 0.2) is 5.82 Å². The Hall–Kier alpha value is -6.58. The largest absolute Gasteiger partial charge is 0.455 e. The number of rotatable bonds is 4. The Morgan fingerprint density at radius 3 is 1.92 bits per heavy atom. The lowest BCUT2D eigenvalue weighted by Crippen LogP contribution is -1.95. The predicted octanol–water partition coefficient (Wildman–Crippen LogP) is 12.5. The van der Waals surface area contributed by atoms with E-state index in [-0.39, 0.29) is 0 Å². The molecule has 49 heavy (non-hydrogen) atoms. The first-order valence-corrected chi connectivity index (χ1v) is 16.6. The third-order valence-corrected chi connectivity index (χ3v) is 9.65. The summed E-state index contributed by atoms with van der Waals surface area (Å²) in [7, 11) is 0. The Kier molecular flexibility index (Phi) is 6.18. The van der Waals surface area contributed by atoms with E-state index < -0.39 is 0 Å². The zero-order valence-corrected chi connectivity index (χ0v) is 26.5. The van der Waals surface area contributed by atoms with Crippen LogP contribution in [0.5, 0.6) is 0 Å². The molecule has 10 aromatic rings. The van der Waals surface area contributed by atoms with Gasteiger partial charge in [-0.25, -0.2) is 9.97 Å². The van der Waals surface area contributed by atoms with Gasteiger partial charge in [-0.1, -0.05) is 140 Å². The van der Waals surface area contributed by atoms with Gasteiger partial charge in [0.2, 0.25) is 0 Å². The van der Waals surface area contributed by atoms with Crippen molar-refractivity contribution in [2.45, 2.75) is 0 Å². The van der Waals surface area contributed by atoms with Crippen LogP contribution < -0.4 is 0 Å². The SMILES string of the molecule is c1ccc(-c2nc(-c3ccc4c(c3)oc3c5ccccc5cc(-c5ccc(-c6ccc7ccccc7c6)cc5)c43)nc3ccccc23)cc1. The van der Waals surface area contributed by atoms with Crippen LogP contribution in [0.15, 0.2) is 174 Å². The van der Waals surface area contributed by atoms with Crippen molar-refractivity contribution < 1.29 is 4.42 Å². The standard InChI is InChI=1S/C46H28N2O/c1-2-11-32(12-3-1)44-38-16-8-9-17-41(38)47-46(48-44)36-24-25-39-42(28-36)49-45-37-15-7-6-14-35(37)27-40(43(39)45)31-21-18-30(19-22-31)34-23-20-29-10-4-5-13-33(29)26-34/h1-28H. The molecule has 0 spiro atoms. The molecule has 0 amide bonds. The van der Waals surface area contributed by atoms with Crippen molar-refractivity contribution in [2.75, 3.05) is 0 Å². The molecule has 228 valence electrons. The van der Waals surface area contributed by atoms with Crippen molar-refractivity contribution in [3.8, 4) is 44.9 Å². The maximum absolute atomic E-state index is 6.77. The zero-order chi connectivity index (χ0) is 32.3. The van der Waals surface area contributed by atoms with E-state index in [0.29, 0.717) is 5.82 Å². The van der Waals surface area contributed by atoms with Gasteiger partial charge in [-0.05, 0) is 68.7 Å². The highest BCUT2D eigenvalue weighted by atomic mass is 16.3. The lowest BCUT2D eigenvalue weighted by atomic mass is 9.93. The van der Waals surface area contributed by atoms with Crippen molar-refractivity contribution in [3.05, 3.63) is 170 Å². The molecule has 0 aliphatic carbocycles. The second kappa shape index (κ2) is 11.0. The molecule has 3 nitrogen and oxygen atoms in total. The molecule has 2 heterocycles. The number of benzene rings is 8. The van der Waals surface area contributed by atoms with Crippen molar-refractivity contribution in [1.29, 1.82) is 0 Å². The molecule has 2 aromatic heterocycles. The molecule has 0 unspecified atom stereocenters. The molecule has 8 aromatic carbocycles. The maximum Gasteiger partial charge on any atom is 0.160 e. The van der Waals surface area contributed by atoms with Crippen molar-refractivity contribution in [1.82, 2.24) is 9.97 Å². The summed E-state index contributed by atoms with van der Waals surface area (Å²) in [5.74, 6) is 0.675. The fourth-order valence-corrected chi connectivity index (χ4v) is 7.21. The lowest BCUT2D eigenvalue weighted by Gasteiger charge is -2.10. The van der Waals surface area contributed by atoms with Crippen LogP contribution in [0.3, 0.4) is 0 Å². The molecule has 0 N–H and O–H groups in total. The van der Waals surface area contributed by atoms with Gasteiger partial charge >= 0.3 is 0 Å². The van der Waals surface area contributed by atoms with E-state index in [9.17, 15) is 0 Å². The molecule has 0 radical (unpaired) electrons. The Bertz CT molecular complexity index is 2870. The van der Waals surface area contributed by atoms with Gasteiger partial charge in [0.25, 0.3) is 0 Å². The average Bonchev–Trinajstić information content (AvgIpc) is 3.57. The smallest absolute Gasteiger partial charge is 0.160 e. The number of nitrogens with zero attached hydrogens (tertiary/aromatic N) is 2. The van der Waals surface area contributed by atoms with Gasteiger partial charge in [-0.15, -0.1) is 0 Å². The van der Waals surface area contributed by atoms with E-state index in [0.717, 1.165) is 71.6 Å². The summed E-state index contributed by atoms with van der Waals surface area (Å²) in [6.45, 7) is 0. The van der Waals surface area contributed by atoms with Gasteiger partial charge < -0.3 is 4.42 Å². The molecule has 0 bridgehead atoms. The van der Waals surface area contributed by atoms with Crippen molar-refractivity contribution in [3.63, 3.8) is 0 Å². The van der Waals surface area contributed by atoms with Crippen LogP contribution >= 0.6 is 0 Å².